The van der Waals surface area contributed by atoms with E-state index in [0.717, 1.165) is 32.2 Å². The van der Waals surface area contributed by atoms with Crippen LogP contribution in [-0.2, 0) is 4.79 Å². The van der Waals surface area contributed by atoms with Gasteiger partial charge in [-0.2, -0.15) is 0 Å². The molecule has 100 valence electrons. The molecule has 0 spiro atoms. The summed E-state index contributed by atoms with van der Waals surface area (Å²) in [5.41, 5.74) is 0. The Morgan fingerprint density at radius 3 is 2.65 bits per heavy atom. The van der Waals surface area contributed by atoms with Gasteiger partial charge in [-0.25, -0.2) is 0 Å². The molecule has 1 amide bonds. The topological polar surface area (TPSA) is 49.3 Å². The maximum absolute atomic E-state index is 11.5. The number of rotatable bonds is 8. The van der Waals surface area contributed by atoms with Crippen LogP contribution < -0.4 is 5.32 Å². The Bertz CT molecular complexity index is 218. The molecule has 1 saturated carbocycles. The van der Waals surface area contributed by atoms with Gasteiger partial charge in [-0.15, -0.1) is 0 Å². The zero-order valence-corrected chi connectivity index (χ0v) is 11.1. The molecule has 2 atom stereocenters. The standard InChI is InChI=1S/C14H27NO2/c1-2-3-4-5-6-7-14(17)15-11-12-8-9-13(16)10-12/h12-13,16H,2-11H2,1H3,(H,15,17). The van der Waals surface area contributed by atoms with Crippen molar-refractivity contribution in [3.05, 3.63) is 0 Å². The lowest BCUT2D eigenvalue weighted by atomic mass is 10.1. The van der Waals surface area contributed by atoms with Gasteiger partial charge in [0.05, 0.1) is 6.10 Å². The summed E-state index contributed by atoms with van der Waals surface area (Å²) >= 11 is 0. The van der Waals surface area contributed by atoms with Crippen LogP contribution in [0.4, 0.5) is 0 Å². The van der Waals surface area contributed by atoms with E-state index in [1.165, 1.54) is 25.7 Å². The van der Waals surface area contributed by atoms with Crippen molar-refractivity contribution in [1.82, 2.24) is 5.32 Å². The first-order valence-electron chi connectivity index (χ1n) is 7.17. The second kappa shape index (κ2) is 8.51. The van der Waals surface area contributed by atoms with E-state index in [0.29, 0.717) is 12.3 Å². The lowest BCUT2D eigenvalue weighted by Gasteiger charge is -2.10. The molecular weight excluding hydrogens is 214 g/mol. The quantitative estimate of drug-likeness (QED) is 0.642. The fraction of sp³-hybridized carbons (Fsp3) is 0.929. The van der Waals surface area contributed by atoms with Crippen LogP contribution >= 0.6 is 0 Å². The van der Waals surface area contributed by atoms with Gasteiger partial charge in [-0.1, -0.05) is 32.6 Å². The highest BCUT2D eigenvalue weighted by molar-refractivity contribution is 5.75. The number of nitrogens with one attached hydrogen (secondary N) is 1. The van der Waals surface area contributed by atoms with Crippen LogP contribution in [0.5, 0.6) is 0 Å². The highest BCUT2D eigenvalue weighted by atomic mass is 16.3. The van der Waals surface area contributed by atoms with Gasteiger partial charge in [0.1, 0.15) is 0 Å². The van der Waals surface area contributed by atoms with Crippen molar-refractivity contribution in [2.45, 2.75) is 70.8 Å². The Labute approximate surface area is 105 Å². The molecule has 0 aromatic carbocycles. The van der Waals surface area contributed by atoms with Crippen molar-refractivity contribution < 1.29 is 9.90 Å². The zero-order chi connectivity index (χ0) is 12.5. The minimum atomic E-state index is -0.133. The second-order valence-corrected chi connectivity index (χ2v) is 5.30. The van der Waals surface area contributed by atoms with E-state index in [1.54, 1.807) is 0 Å². The Hall–Kier alpha value is -0.570. The Morgan fingerprint density at radius 1 is 1.24 bits per heavy atom. The highest BCUT2D eigenvalue weighted by Crippen LogP contribution is 2.24. The van der Waals surface area contributed by atoms with E-state index in [9.17, 15) is 9.90 Å². The summed E-state index contributed by atoms with van der Waals surface area (Å²) < 4.78 is 0. The van der Waals surface area contributed by atoms with Crippen LogP contribution in [0.1, 0.15) is 64.7 Å². The Kier molecular flexibility index (Phi) is 7.25. The molecule has 1 aliphatic carbocycles. The van der Waals surface area contributed by atoms with E-state index in [4.69, 9.17) is 0 Å². The van der Waals surface area contributed by atoms with Crippen LogP contribution in [0.3, 0.4) is 0 Å². The van der Waals surface area contributed by atoms with Gasteiger partial charge >= 0.3 is 0 Å². The molecule has 2 unspecified atom stereocenters. The average molecular weight is 241 g/mol. The molecule has 2 N–H and O–H groups in total. The van der Waals surface area contributed by atoms with Crippen LogP contribution in [-0.4, -0.2) is 23.7 Å². The number of hydrogen-bond donors (Lipinski definition) is 2. The minimum absolute atomic E-state index is 0.133. The SMILES string of the molecule is CCCCCCCC(=O)NCC1CCC(O)C1. The summed E-state index contributed by atoms with van der Waals surface area (Å²) in [6.07, 6.45) is 9.30. The summed E-state index contributed by atoms with van der Waals surface area (Å²) in [6.45, 7) is 2.95. The molecule has 0 heterocycles. The van der Waals surface area contributed by atoms with Gasteiger partial charge in [0.25, 0.3) is 0 Å². The number of hydrogen-bond acceptors (Lipinski definition) is 2. The molecule has 0 aromatic rings. The second-order valence-electron chi connectivity index (χ2n) is 5.30. The molecule has 1 fully saturated rings. The monoisotopic (exact) mass is 241 g/mol. The maximum Gasteiger partial charge on any atom is 0.220 e. The largest absolute Gasteiger partial charge is 0.393 e. The van der Waals surface area contributed by atoms with Gasteiger partial charge in [0.2, 0.25) is 5.91 Å². The predicted octanol–water partition coefficient (Wildman–Crippen LogP) is 2.62. The van der Waals surface area contributed by atoms with Crippen LogP contribution in [0, 0.1) is 5.92 Å². The van der Waals surface area contributed by atoms with Gasteiger partial charge in [0, 0.05) is 13.0 Å². The van der Waals surface area contributed by atoms with Crippen LogP contribution in [0.2, 0.25) is 0 Å². The number of unbranched alkanes of at least 4 members (excludes halogenated alkanes) is 4. The first-order chi connectivity index (χ1) is 8.22. The first kappa shape index (κ1) is 14.5. The molecule has 3 heteroatoms. The normalized spacial score (nSPS) is 23.9. The third-order valence-corrected chi connectivity index (χ3v) is 3.61. The molecule has 1 rings (SSSR count). The molecule has 3 nitrogen and oxygen atoms in total. The summed E-state index contributed by atoms with van der Waals surface area (Å²) in [5.74, 6) is 0.678. The fourth-order valence-electron chi connectivity index (χ4n) is 2.47. The van der Waals surface area contributed by atoms with Crippen molar-refractivity contribution in [2.75, 3.05) is 6.54 Å². The van der Waals surface area contributed by atoms with Gasteiger partial charge in [-0.3, -0.25) is 4.79 Å². The smallest absolute Gasteiger partial charge is 0.220 e. The molecule has 0 bridgehead atoms. The van der Waals surface area contributed by atoms with E-state index in [2.05, 4.69) is 12.2 Å². The predicted molar refractivity (Wildman–Crippen MR) is 69.7 cm³/mol. The summed E-state index contributed by atoms with van der Waals surface area (Å²) in [7, 11) is 0. The van der Waals surface area contributed by atoms with Crippen molar-refractivity contribution in [1.29, 1.82) is 0 Å². The average Bonchev–Trinajstić information content (AvgIpc) is 2.72. The molecule has 0 radical (unpaired) electrons. The number of aliphatic hydroxyl groups excluding tert-OH is 1. The van der Waals surface area contributed by atoms with E-state index < -0.39 is 0 Å². The lowest BCUT2D eigenvalue weighted by molar-refractivity contribution is -0.121. The minimum Gasteiger partial charge on any atom is -0.393 e. The van der Waals surface area contributed by atoms with Gasteiger partial charge in [-0.05, 0) is 31.6 Å². The summed E-state index contributed by atoms with van der Waals surface area (Å²) in [4.78, 5) is 11.5. The molecule has 1 aliphatic rings. The first-order valence-corrected chi connectivity index (χ1v) is 7.17. The van der Waals surface area contributed by atoms with Crippen LogP contribution in [0.25, 0.3) is 0 Å². The van der Waals surface area contributed by atoms with Gasteiger partial charge < -0.3 is 10.4 Å². The van der Waals surface area contributed by atoms with Crippen LogP contribution in [0.15, 0.2) is 0 Å². The zero-order valence-electron chi connectivity index (χ0n) is 11.1. The molecule has 17 heavy (non-hydrogen) atoms. The summed E-state index contributed by atoms with van der Waals surface area (Å²) in [6, 6.07) is 0. The number of amides is 1. The summed E-state index contributed by atoms with van der Waals surface area (Å²) in [5, 5.41) is 12.4. The highest BCUT2D eigenvalue weighted by Gasteiger charge is 2.22. The molecular formula is C14H27NO2. The Morgan fingerprint density at radius 2 is 2.00 bits per heavy atom. The van der Waals surface area contributed by atoms with E-state index >= 15 is 0 Å². The van der Waals surface area contributed by atoms with Crippen molar-refractivity contribution in [2.24, 2.45) is 5.92 Å². The number of aliphatic hydroxyl groups is 1. The molecule has 0 saturated heterocycles. The maximum atomic E-state index is 11.5. The lowest BCUT2D eigenvalue weighted by Crippen LogP contribution is -2.28. The van der Waals surface area contributed by atoms with Gasteiger partial charge in [0.15, 0.2) is 0 Å². The Balaban J connectivity index is 1.94. The molecule has 0 aliphatic heterocycles. The fourth-order valence-corrected chi connectivity index (χ4v) is 2.47. The third-order valence-electron chi connectivity index (χ3n) is 3.61. The van der Waals surface area contributed by atoms with E-state index in [-0.39, 0.29) is 12.0 Å². The third kappa shape index (κ3) is 6.67. The number of carbonyl (C=O) groups excluding carboxylic acids is 1. The number of carbonyl (C=O) groups is 1. The van der Waals surface area contributed by atoms with Crippen molar-refractivity contribution in [3.63, 3.8) is 0 Å². The van der Waals surface area contributed by atoms with Crippen molar-refractivity contribution in [3.8, 4) is 0 Å². The van der Waals surface area contributed by atoms with Crippen molar-refractivity contribution >= 4 is 5.91 Å². The molecule has 0 aromatic heterocycles. The van der Waals surface area contributed by atoms with E-state index in [1.807, 2.05) is 0 Å².